The van der Waals surface area contributed by atoms with Crippen LogP contribution in [0.4, 0.5) is 18.9 Å². The maximum atomic E-state index is 11.9. The van der Waals surface area contributed by atoms with Gasteiger partial charge in [0.15, 0.2) is 0 Å². The fourth-order valence-electron chi connectivity index (χ4n) is 1.46. The largest absolute Gasteiger partial charge is 0.405 e. The van der Waals surface area contributed by atoms with E-state index in [-0.39, 0.29) is 6.54 Å². The number of benzene rings is 1. The molecule has 1 rings (SSSR count). The summed E-state index contributed by atoms with van der Waals surface area (Å²) in [6.07, 6.45) is -3.63. The third-order valence-corrected chi connectivity index (χ3v) is 2.87. The third kappa shape index (κ3) is 5.96. The average Bonchev–Trinajstić information content (AvgIpc) is 2.33. The fourth-order valence-corrected chi connectivity index (χ4v) is 1.87. The standard InChI is InChI=1S/C12H14BrF3N2O/c1-2-8-5-9(13)3-4-10(8)17-6-11(19)18-7-12(14,15)16/h3-5,17H,2,6-7H2,1H3,(H,18,19). The van der Waals surface area contributed by atoms with Crippen molar-refractivity contribution in [3.8, 4) is 0 Å². The highest BCUT2D eigenvalue weighted by molar-refractivity contribution is 9.10. The van der Waals surface area contributed by atoms with Crippen LogP contribution in [0.2, 0.25) is 0 Å². The number of hydrogen-bond donors (Lipinski definition) is 2. The molecule has 0 saturated carbocycles. The minimum Gasteiger partial charge on any atom is -0.376 e. The molecule has 0 saturated heterocycles. The summed E-state index contributed by atoms with van der Waals surface area (Å²) >= 11 is 3.33. The van der Waals surface area contributed by atoms with Gasteiger partial charge in [0.05, 0.1) is 6.54 Å². The molecule has 0 aliphatic heterocycles. The Balaban J connectivity index is 2.50. The second-order valence-corrected chi connectivity index (χ2v) is 4.82. The number of anilines is 1. The number of amides is 1. The second kappa shape index (κ2) is 6.79. The summed E-state index contributed by atoms with van der Waals surface area (Å²) in [4.78, 5) is 11.2. The summed E-state index contributed by atoms with van der Waals surface area (Å²) in [5.41, 5.74) is 1.73. The minimum absolute atomic E-state index is 0.190. The normalized spacial score (nSPS) is 11.2. The van der Waals surface area contributed by atoms with Crippen molar-refractivity contribution in [1.82, 2.24) is 5.32 Å². The van der Waals surface area contributed by atoms with Crippen LogP contribution in [0.1, 0.15) is 12.5 Å². The Hall–Kier alpha value is -1.24. The van der Waals surface area contributed by atoms with Gasteiger partial charge in [0.1, 0.15) is 6.54 Å². The maximum absolute atomic E-state index is 11.9. The summed E-state index contributed by atoms with van der Waals surface area (Å²) < 4.78 is 36.6. The molecule has 0 atom stereocenters. The summed E-state index contributed by atoms with van der Waals surface area (Å²) in [7, 11) is 0. The van der Waals surface area contributed by atoms with E-state index in [1.54, 1.807) is 17.4 Å². The molecule has 0 spiro atoms. The summed E-state index contributed by atoms with van der Waals surface area (Å²) in [6.45, 7) is 0.454. The molecular weight excluding hydrogens is 325 g/mol. The molecule has 0 bridgehead atoms. The quantitative estimate of drug-likeness (QED) is 0.866. The zero-order valence-corrected chi connectivity index (χ0v) is 11.9. The van der Waals surface area contributed by atoms with Crippen molar-refractivity contribution in [2.75, 3.05) is 18.4 Å². The number of rotatable bonds is 5. The highest BCUT2D eigenvalue weighted by Gasteiger charge is 2.27. The van der Waals surface area contributed by atoms with Gasteiger partial charge in [0.2, 0.25) is 5.91 Å². The average molecular weight is 339 g/mol. The van der Waals surface area contributed by atoms with Crippen LogP contribution in [-0.4, -0.2) is 25.2 Å². The summed E-state index contributed by atoms with van der Waals surface area (Å²) in [5, 5.41) is 4.63. The Morgan fingerprint density at radius 1 is 1.37 bits per heavy atom. The minimum atomic E-state index is -4.39. The van der Waals surface area contributed by atoms with Crippen LogP contribution in [0.5, 0.6) is 0 Å². The number of hydrogen-bond acceptors (Lipinski definition) is 2. The predicted octanol–water partition coefficient (Wildman–Crippen LogP) is 3.10. The molecule has 7 heteroatoms. The van der Waals surface area contributed by atoms with Crippen molar-refractivity contribution in [2.45, 2.75) is 19.5 Å². The first-order valence-corrected chi connectivity index (χ1v) is 6.47. The van der Waals surface area contributed by atoms with Gasteiger partial charge in [0.25, 0.3) is 0 Å². The van der Waals surface area contributed by atoms with Gasteiger partial charge in [-0.25, -0.2) is 0 Å². The molecule has 0 radical (unpaired) electrons. The molecule has 0 fully saturated rings. The predicted molar refractivity (Wildman–Crippen MR) is 71.1 cm³/mol. The van der Waals surface area contributed by atoms with Crippen molar-refractivity contribution in [3.63, 3.8) is 0 Å². The lowest BCUT2D eigenvalue weighted by Gasteiger charge is -2.12. The number of nitrogens with one attached hydrogen (secondary N) is 2. The Bertz CT molecular complexity index is 449. The van der Waals surface area contributed by atoms with E-state index in [4.69, 9.17) is 0 Å². The molecule has 0 aliphatic carbocycles. The molecule has 1 aromatic rings. The zero-order valence-electron chi connectivity index (χ0n) is 10.3. The topological polar surface area (TPSA) is 41.1 Å². The highest BCUT2D eigenvalue weighted by atomic mass is 79.9. The number of alkyl halides is 3. The van der Waals surface area contributed by atoms with Crippen LogP contribution in [0.3, 0.4) is 0 Å². The lowest BCUT2D eigenvalue weighted by molar-refractivity contribution is -0.137. The molecule has 0 aromatic heterocycles. The van der Waals surface area contributed by atoms with Gasteiger partial charge < -0.3 is 10.6 Å². The molecule has 2 N–H and O–H groups in total. The van der Waals surface area contributed by atoms with Gasteiger partial charge >= 0.3 is 6.18 Å². The van der Waals surface area contributed by atoms with Gasteiger partial charge in [-0.1, -0.05) is 22.9 Å². The fraction of sp³-hybridized carbons (Fsp3) is 0.417. The molecule has 3 nitrogen and oxygen atoms in total. The molecule has 106 valence electrons. The zero-order chi connectivity index (χ0) is 14.5. The van der Waals surface area contributed by atoms with Gasteiger partial charge in [0, 0.05) is 10.2 Å². The number of halogens is 4. The maximum Gasteiger partial charge on any atom is 0.405 e. The smallest absolute Gasteiger partial charge is 0.376 e. The van der Waals surface area contributed by atoms with E-state index >= 15 is 0 Å². The summed E-state index contributed by atoms with van der Waals surface area (Å²) in [6, 6.07) is 5.48. The first-order chi connectivity index (χ1) is 8.81. The van der Waals surface area contributed by atoms with Crippen LogP contribution >= 0.6 is 15.9 Å². The molecule has 0 aliphatic rings. The van der Waals surface area contributed by atoms with Gasteiger partial charge in [-0.15, -0.1) is 0 Å². The molecule has 19 heavy (non-hydrogen) atoms. The first-order valence-electron chi connectivity index (χ1n) is 5.67. The van der Waals surface area contributed by atoms with Crippen LogP contribution in [-0.2, 0) is 11.2 Å². The SMILES string of the molecule is CCc1cc(Br)ccc1NCC(=O)NCC(F)(F)F. The Morgan fingerprint density at radius 2 is 2.05 bits per heavy atom. The van der Waals surface area contributed by atoms with E-state index in [0.717, 1.165) is 22.1 Å². The van der Waals surface area contributed by atoms with Gasteiger partial charge in [-0.3, -0.25) is 4.79 Å². The van der Waals surface area contributed by atoms with Crippen molar-refractivity contribution in [3.05, 3.63) is 28.2 Å². The van der Waals surface area contributed by atoms with E-state index in [2.05, 4.69) is 21.2 Å². The van der Waals surface area contributed by atoms with E-state index in [9.17, 15) is 18.0 Å². The van der Waals surface area contributed by atoms with E-state index in [1.807, 2.05) is 13.0 Å². The van der Waals surface area contributed by atoms with E-state index in [0.29, 0.717) is 0 Å². The van der Waals surface area contributed by atoms with Crippen molar-refractivity contribution in [1.29, 1.82) is 0 Å². The van der Waals surface area contributed by atoms with Crippen LogP contribution < -0.4 is 10.6 Å². The van der Waals surface area contributed by atoms with Crippen molar-refractivity contribution < 1.29 is 18.0 Å². The number of aryl methyl sites for hydroxylation is 1. The molecule has 1 amide bonds. The summed E-state index contributed by atoms with van der Waals surface area (Å²) in [5.74, 6) is -0.692. The molecule has 0 heterocycles. The molecule has 0 unspecified atom stereocenters. The molecular formula is C12H14BrF3N2O. The third-order valence-electron chi connectivity index (χ3n) is 2.37. The Kier molecular flexibility index (Phi) is 5.65. The second-order valence-electron chi connectivity index (χ2n) is 3.90. The number of carbonyl (C=O) groups excluding carboxylic acids is 1. The monoisotopic (exact) mass is 338 g/mol. The van der Waals surface area contributed by atoms with E-state index < -0.39 is 18.6 Å². The van der Waals surface area contributed by atoms with Crippen LogP contribution in [0.25, 0.3) is 0 Å². The van der Waals surface area contributed by atoms with Gasteiger partial charge in [-0.2, -0.15) is 13.2 Å². The lowest BCUT2D eigenvalue weighted by atomic mass is 10.1. The first kappa shape index (κ1) is 15.8. The Labute approximate surface area is 117 Å². The highest BCUT2D eigenvalue weighted by Crippen LogP contribution is 2.21. The number of carbonyl (C=O) groups is 1. The van der Waals surface area contributed by atoms with Crippen molar-refractivity contribution >= 4 is 27.5 Å². The Morgan fingerprint density at radius 3 is 2.63 bits per heavy atom. The van der Waals surface area contributed by atoms with Crippen LogP contribution in [0.15, 0.2) is 22.7 Å². The van der Waals surface area contributed by atoms with E-state index in [1.165, 1.54) is 0 Å². The van der Waals surface area contributed by atoms with Gasteiger partial charge in [-0.05, 0) is 30.2 Å². The van der Waals surface area contributed by atoms with Crippen LogP contribution in [0, 0.1) is 0 Å². The van der Waals surface area contributed by atoms with Crippen molar-refractivity contribution in [2.24, 2.45) is 0 Å². The lowest BCUT2D eigenvalue weighted by Crippen LogP contribution is -2.37. The molecule has 1 aromatic carbocycles.